The molecule has 1 aromatic heterocycles. The lowest BCUT2D eigenvalue weighted by Gasteiger charge is -2.17. The summed E-state index contributed by atoms with van der Waals surface area (Å²) >= 11 is 7.27. The van der Waals surface area contributed by atoms with Crippen LogP contribution in [0.1, 0.15) is 11.3 Å². The van der Waals surface area contributed by atoms with Crippen molar-refractivity contribution in [1.29, 1.82) is 0 Å². The van der Waals surface area contributed by atoms with Crippen molar-refractivity contribution in [1.82, 2.24) is 14.5 Å². The Labute approximate surface area is 114 Å². The molecule has 2 heterocycles. The second-order valence-electron chi connectivity index (χ2n) is 4.16. The van der Waals surface area contributed by atoms with Crippen molar-refractivity contribution in [3.05, 3.63) is 39.9 Å². The molecule has 1 aromatic carbocycles. The summed E-state index contributed by atoms with van der Waals surface area (Å²) in [4.78, 5) is 2.27. The lowest BCUT2D eigenvalue weighted by Crippen LogP contribution is -2.25. The largest absolute Gasteiger partial charge is 0.492 e. The van der Waals surface area contributed by atoms with Crippen LogP contribution in [0.15, 0.2) is 24.3 Å². The van der Waals surface area contributed by atoms with Gasteiger partial charge in [-0.1, -0.05) is 34.3 Å². The van der Waals surface area contributed by atoms with Crippen LogP contribution in [0.2, 0.25) is 4.34 Å². The third-order valence-electron chi connectivity index (χ3n) is 2.91. The number of halogens is 1. The number of ether oxygens (including phenoxy) is 1. The first-order valence-electron chi connectivity index (χ1n) is 5.73. The Bertz CT molecular complexity index is 546. The highest BCUT2D eigenvalue weighted by Gasteiger charge is 2.17. The fourth-order valence-corrected chi connectivity index (χ4v) is 2.63. The summed E-state index contributed by atoms with van der Waals surface area (Å²) in [7, 11) is 0. The molecule has 0 spiro atoms. The molecule has 2 aromatic rings. The molecule has 0 aliphatic carbocycles. The first kappa shape index (κ1) is 11.9. The maximum atomic E-state index is 6.04. The molecule has 4 nitrogen and oxygen atoms in total. The molecule has 0 amide bonds. The quantitative estimate of drug-likeness (QED) is 0.848. The fraction of sp³-hybridized carbons (Fsp3) is 0.333. The van der Waals surface area contributed by atoms with Gasteiger partial charge in [-0.3, -0.25) is 4.90 Å². The summed E-state index contributed by atoms with van der Waals surface area (Å²) in [6, 6.07) is 8.13. The van der Waals surface area contributed by atoms with Gasteiger partial charge in [0.05, 0.1) is 0 Å². The van der Waals surface area contributed by atoms with Crippen LogP contribution in [0.4, 0.5) is 0 Å². The van der Waals surface area contributed by atoms with E-state index in [1.807, 2.05) is 18.2 Å². The molecule has 18 heavy (non-hydrogen) atoms. The van der Waals surface area contributed by atoms with E-state index in [-0.39, 0.29) is 0 Å². The maximum Gasteiger partial charge on any atom is 0.138 e. The number of aromatic nitrogens is 2. The van der Waals surface area contributed by atoms with Gasteiger partial charge in [0.15, 0.2) is 0 Å². The van der Waals surface area contributed by atoms with Crippen molar-refractivity contribution in [3.8, 4) is 5.75 Å². The normalized spacial score (nSPS) is 15.8. The molecule has 0 bridgehead atoms. The number of nitrogens with zero attached hydrogens (tertiary/aromatic N) is 3. The second-order valence-corrected chi connectivity index (χ2v) is 5.52. The van der Waals surface area contributed by atoms with Crippen LogP contribution < -0.4 is 4.74 Å². The van der Waals surface area contributed by atoms with Crippen LogP contribution in [0, 0.1) is 0 Å². The first-order valence-corrected chi connectivity index (χ1v) is 6.88. The van der Waals surface area contributed by atoms with E-state index in [0.29, 0.717) is 17.5 Å². The van der Waals surface area contributed by atoms with Crippen molar-refractivity contribution >= 4 is 23.1 Å². The molecule has 1 aliphatic rings. The highest BCUT2D eigenvalue weighted by molar-refractivity contribution is 7.10. The molecule has 0 atom stereocenters. The molecule has 94 valence electrons. The minimum Gasteiger partial charge on any atom is -0.492 e. The number of hydrogen-bond donors (Lipinski definition) is 0. The predicted octanol–water partition coefficient (Wildman–Crippen LogP) is 2.59. The van der Waals surface area contributed by atoms with Crippen LogP contribution in [-0.4, -0.2) is 27.6 Å². The minimum absolute atomic E-state index is 0.674. The Morgan fingerprint density at radius 1 is 1.39 bits per heavy atom. The smallest absolute Gasteiger partial charge is 0.138 e. The average Bonchev–Trinajstić information content (AvgIpc) is 2.66. The van der Waals surface area contributed by atoms with Gasteiger partial charge in [0.2, 0.25) is 0 Å². The molecule has 0 saturated heterocycles. The van der Waals surface area contributed by atoms with E-state index in [4.69, 9.17) is 16.3 Å². The van der Waals surface area contributed by atoms with Gasteiger partial charge in [-0.15, -0.1) is 5.10 Å². The zero-order valence-electron chi connectivity index (χ0n) is 9.67. The monoisotopic (exact) mass is 281 g/mol. The van der Waals surface area contributed by atoms with Gasteiger partial charge in [0.1, 0.15) is 22.4 Å². The maximum absolute atomic E-state index is 6.04. The SMILES string of the molecule is Clc1snnc1CN1CCOc2ccccc2C1. The number of hydrogen-bond acceptors (Lipinski definition) is 5. The van der Waals surface area contributed by atoms with Crippen molar-refractivity contribution in [2.45, 2.75) is 13.1 Å². The molecule has 0 fully saturated rings. The molecule has 1 aliphatic heterocycles. The predicted molar refractivity (Wildman–Crippen MR) is 71.0 cm³/mol. The Balaban J connectivity index is 1.77. The highest BCUT2D eigenvalue weighted by Crippen LogP contribution is 2.25. The Morgan fingerprint density at radius 2 is 2.28 bits per heavy atom. The summed E-state index contributed by atoms with van der Waals surface area (Å²) in [5.41, 5.74) is 2.05. The topological polar surface area (TPSA) is 38.2 Å². The van der Waals surface area contributed by atoms with E-state index in [1.54, 1.807) is 0 Å². The van der Waals surface area contributed by atoms with Gasteiger partial charge >= 0.3 is 0 Å². The lowest BCUT2D eigenvalue weighted by molar-refractivity contribution is 0.218. The van der Waals surface area contributed by atoms with E-state index in [0.717, 1.165) is 24.5 Å². The number of para-hydroxylation sites is 1. The molecule has 0 N–H and O–H groups in total. The summed E-state index contributed by atoms with van der Waals surface area (Å²) in [5.74, 6) is 0.975. The van der Waals surface area contributed by atoms with Gasteiger partial charge in [0.25, 0.3) is 0 Å². The Morgan fingerprint density at radius 3 is 3.11 bits per heavy atom. The molecule has 0 unspecified atom stereocenters. The lowest BCUT2D eigenvalue weighted by atomic mass is 10.2. The van der Waals surface area contributed by atoms with Crippen molar-refractivity contribution in [3.63, 3.8) is 0 Å². The van der Waals surface area contributed by atoms with Crippen LogP contribution in [0.25, 0.3) is 0 Å². The minimum atomic E-state index is 0.674. The molecular formula is C12H12ClN3OS. The molecule has 3 rings (SSSR count). The Kier molecular flexibility index (Phi) is 3.45. The van der Waals surface area contributed by atoms with Gasteiger partial charge in [0, 0.05) is 36.7 Å². The number of rotatable bonds is 2. The van der Waals surface area contributed by atoms with Crippen LogP contribution in [0.5, 0.6) is 5.75 Å². The summed E-state index contributed by atoms with van der Waals surface area (Å²) < 4.78 is 10.3. The summed E-state index contributed by atoms with van der Waals surface area (Å²) in [6.45, 7) is 3.12. The molecular weight excluding hydrogens is 270 g/mol. The van der Waals surface area contributed by atoms with Gasteiger partial charge in [-0.25, -0.2) is 0 Å². The summed E-state index contributed by atoms with van der Waals surface area (Å²) in [5, 5.41) is 4.05. The van der Waals surface area contributed by atoms with Crippen LogP contribution >= 0.6 is 23.1 Å². The zero-order valence-corrected chi connectivity index (χ0v) is 11.2. The van der Waals surface area contributed by atoms with Crippen LogP contribution in [0.3, 0.4) is 0 Å². The summed E-state index contributed by atoms with van der Waals surface area (Å²) in [6.07, 6.45) is 0. The van der Waals surface area contributed by atoms with E-state index in [9.17, 15) is 0 Å². The molecule has 0 saturated carbocycles. The first-order chi connectivity index (χ1) is 8.83. The van der Waals surface area contributed by atoms with Gasteiger partial charge in [-0.2, -0.15) is 0 Å². The third kappa shape index (κ3) is 2.48. The highest BCUT2D eigenvalue weighted by atomic mass is 35.5. The van der Waals surface area contributed by atoms with E-state index in [2.05, 4.69) is 20.6 Å². The van der Waals surface area contributed by atoms with Crippen molar-refractivity contribution < 1.29 is 4.74 Å². The van der Waals surface area contributed by atoms with E-state index < -0.39 is 0 Å². The number of fused-ring (bicyclic) bond motifs is 1. The van der Waals surface area contributed by atoms with Gasteiger partial charge in [-0.05, 0) is 6.07 Å². The van der Waals surface area contributed by atoms with Crippen LogP contribution in [-0.2, 0) is 13.1 Å². The third-order valence-corrected chi connectivity index (χ3v) is 3.90. The molecule has 6 heteroatoms. The van der Waals surface area contributed by atoms with E-state index in [1.165, 1.54) is 17.1 Å². The van der Waals surface area contributed by atoms with Crippen molar-refractivity contribution in [2.24, 2.45) is 0 Å². The molecule has 0 radical (unpaired) electrons. The van der Waals surface area contributed by atoms with Gasteiger partial charge < -0.3 is 4.74 Å². The zero-order chi connectivity index (χ0) is 12.4. The second kappa shape index (κ2) is 5.22. The Hall–Kier alpha value is -1.17. The van der Waals surface area contributed by atoms with E-state index >= 15 is 0 Å². The fourth-order valence-electron chi connectivity index (χ4n) is 2.02. The average molecular weight is 282 g/mol. The standard InChI is InChI=1S/C12H12ClN3OS/c13-12-10(14-15-18-12)8-16-5-6-17-11-4-2-1-3-9(11)7-16/h1-4H,5-8H2. The number of benzene rings is 1. The van der Waals surface area contributed by atoms with Crippen molar-refractivity contribution in [2.75, 3.05) is 13.2 Å².